The van der Waals surface area contributed by atoms with Gasteiger partial charge in [0.25, 0.3) is 0 Å². The highest BCUT2D eigenvalue weighted by Gasteiger charge is 2.44. The van der Waals surface area contributed by atoms with Crippen molar-refractivity contribution in [3.63, 3.8) is 0 Å². The third kappa shape index (κ3) is 5.20. The number of alkyl halides is 3. The van der Waals surface area contributed by atoms with E-state index in [4.69, 9.17) is 15.0 Å². The lowest BCUT2D eigenvalue weighted by molar-refractivity contribution is -0.141. The van der Waals surface area contributed by atoms with Crippen molar-refractivity contribution in [2.45, 2.75) is 51.0 Å². The number of pyridine rings is 2. The second-order valence-electron chi connectivity index (χ2n) is 11.1. The molecule has 3 fully saturated rings. The summed E-state index contributed by atoms with van der Waals surface area (Å²) in [6.07, 6.45) is 1.37. The molecule has 2 atom stereocenters. The number of H-pyrrole nitrogens is 1. The highest BCUT2D eigenvalue weighted by atomic mass is 19.4. The third-order valence-electron chi connectivity index (χ3n) is 8.21. The number of nitrogens with zero attached hydrogens (tertiary/aromatic N) is 7. The van der Waals surface area contributed by atoms with Gasteiger partial charge in [-0.2, -0.15) is 18.3 Å². The maximum Gasteiger partial charge on any atom is 0.433 e. The number of hydrogen-bond acceptors (Lipinski definition) is 7. The predicted molar refractivity (Wildman–Crippen MR) is 153 cm³/mol. The van der Waals surface area contributed by atoms with Gasteiger partial charge in [0.2, 0.25) is 0 Å². The molecule has 2 unspecified atom stereocenters. The van der Waals surface area contributed by atoms with Crippen LogP contribution in [0.4, 0.5) is 19.0 Å². The van der Waals surface area contributed by atoms with Crippen molar-refractivity contribution in [1.29, 1.82) is 0 Å². The highest BCUT2D eigenvalue weighted by molar-refractivity contribution is 5.82. The lowest BCUT2D eigenvalue weighted by atomic mass is 9.87. The van der Waals surface area contributed by atoms with Crippen molar-refractivity contribution in [2.75, 3.05) is 18.0 Å². The van der Waals surface area contributed by atoms with E-state index >= 15 is 0 Å². The molecule has 8 nitrogen and oxygen atoms in total. The Morgan fingerprint density at radius 2 is 1.76 bits per heavy atom. The largest absolute Gasteiger partial charge is 0.433 e. The summed E-state index contributed by atoms with van der Waals surface area (Å²) in [5, 5.41) is 8.41. The second kappa shape index (κ2) is 10.5. The summed E-state index contributed by atoms with van der Waals surface area (Å²) < 4.78 is 38.5. The van der Waals surface area contributed by atoms with Crippen molar-refractivity contribution >= 4 is 16.7 Å². The van der Waals surface area contributed by atoms with Crippen LogP contribution in [0.3, 0.4) is 0 Å². The van der Waals surface area contributed by atoms with Crippen LogP contribution in [-0.4, -0.2) is 60.2 Å². The fourth-order valence-corrected chi connectivity index (χ4v) is 6.05. The molecule has 214 valence electrons. The molecule has 0 aliphatic carbocycles. The standard InChI is InChI=1S/C31H29F3N8/c1-19-12-22(40-39-19)8-9-27-25-4-2-3-5-26(25)37-30(38-27)21-7-11-29(36-15-21)41-17-23-13-24(18-41)42(23)16-20-6-10-28(35-14-20)31(32,33)34/h2-7,10-12,14-15,23-24H,8-9,13,16-18H2,1H3,(H,39,40). The summed E-state index contributed by atoms with van der Waals surface area (Å²) in [4.78, 5) is 22.8. The number of aromatic amines is 1. The van der Waals surface area contributed by atoms with Crippen LogP contribution >= 0.6 is 0 Å². The van der Waals surface area contributed by atoms with Crippen LogP contribution in [0.5, 0.6) is 0 Å². The highest BCUT2D eigenvalue weighted by Crippen LogP contribution is 2.36. The van der Waals surface area contributed by atoms with Crippen molar-refractivity contribution in [3.8, 4) is 11.4 Å². The van der Waals surface area contributed by atoms with E-state index in [9.17, 15) is 13.2 Å². The summed E-state index contributed by atoms with van der Waals surface area (Å²) >= 11 is 0. The molecule has 2 bridgehead atoms. The quantitative estimate of drug-likeness (QED) is 0.281. The molecule has 0 saturated carbocycles. The monoisotopic (exact) mass is 570 g/mol. The minimum absolute atomic E-state index is 0.331. The molecule has 1 N–H and O–H groups in total. The molecule has 42 heavy (non-hydrogen) atoms. The Morgan fingerprint density at radius 1 is 0.929 bits per heavy atom. The number of piperazine rings is 1. The Hall–Kier alpha value is -4.38. The van der Waals surface area contributed by atoms with Gasteiger partial charge in [-0.15, -0.1) is 0 Å². The Morgan fingerprint density at radius 3 is 2.45 bits per heavy atom. The van der Waals surface area contributed by atoms with E-state index in [0.717, 1.165) is 83.3 Å². The van der Waals surface area contributed by atoms with Gasteiger partial charge in [-0.1, -0.05) is 24.3 Å². The molecule has 7 heterocycles. The number of benzene rings is 1. The van der Waals surface area contributed by atoms with Crippen LogP contribution in [0.15, 0.2) is 67.0 Å². The summed E-state index contributed by atoms with van der Waals surface area (Å²) in [5.41, 5.74) is 4.74. The smallest absolute Gasteiger partial charge is 0.353 e. The first-order chi connectivity index (χ1) is 20.3. The van der Waals surface area contributed by atoms with E-state index in [-0.39, 0.29) is 0 Å². The number of halogens is 3. The zero-order valence-corrected chi connectivity index (χ0v) is 23.0. The molecule has 3 saturated heterocycles. The number of rotatable bonds is 7. The maximum absolute atomic E-state index is 12.8. The zero-order chi connectivity index (χ0) is 28.8. The number of hydrogen-bond donors (Lipinski definition) is 1. The van der Waals surface area contributed by atoms with Crippen molar-refractivity contribution in [3.05, 3.63) is 95.3 Å². The van der Waals surface area contributed by atoms with E-state index in [1.54, 1.807) is 0 Å². The molecule has 8 rings (SSSR count). The lowest BCUT2D eigenvalue weighted by Gasteiger charge is -2.56. The van der Waals surface area contributed by atoms with Crippen LogP contribution in [0.2, 0.25) is 0 Å². The van der Waals surface area contributed by atoms with Gasteiger partial charge >= 0.3 is 6.18 Å². The summed E-state index contributed by atoms with van der Waals surface area (Å²) in [6.45, 7) is 4.23. The van der Waals surface area contributed by atoms with Gasteiger partial charge in [0.1, 0.15) is 11.5 Å². The number of anilines is 1. The summed E-state index contributed by atoms with van der Waals surface area (Å²) in [5.74, 6) is 1.55. The van der Waals surface area contributed by atoms with Gasteiger partial charge in [0, 0.05) is 60.8 Å². The minimum atomic E-state index is -4.42. The Labute approximate surface area is 240 Å². The maximum atomic E-state index is 12.8. The van der Waals surface area contributed by atoms with Crippen LogP contribution in [0.1, 0.15) is 34.8 Å². The molecule has 1 aromatic carbocycles. The number of nitrogens with one attached hydrogen (secondary N) is 1. The van der Waals surface area contributed by atoms with Crippen molar-refractivity contribution in [1.82, 2.24) is 35.0 Å². The average molecular weight is 571 g/mol. The van der Waals surface area contributed by atoms with Gasteiger partial charge in [0.15, 0.2) is 5.82 Å². The van der Waals surface area contributed by atoms with Gasteiger partial charge in [-0.05, 0) is 62.1 Å². The number of aromatic nitrogens is 6. The van der Waals surface area contributed by atoms with Crippen LogP contribution in [0, 0.1) is 6.92 Å². The topological polar surface area (TPSA) is 86.7 Å². The van der Waals surface area contributed by atoms with E-state index in [1.165, 1.54) is 12.3 Å². The predicted octanol–water partition coefficient (Wildman–Crippen LogP) is 5.39. The molecule has 3 aliphatic heterocycles. The van der Waals surface area contributed by atoms with Crippen LogP contribution in [0.25, 0.3) is 22.3 Å². The van der Waals surface area contributed by atoms with Crippen molar-refractivity contribution in [2.24, 2.45) is 0 Å². The third-order valence-corrected chi connectivity index (χ3v) is 8.21. The Kier molecular flexibility index (Phi) is 6.61. The number of piperidine rings is 1. The van der Waals surface area contributed by atoms with Gasteiger partial charge in [-0.25, -0.2) is 15.0 Å². The zero-order valence-electron chi connectivity index (χ0n) is 23.0. The molecule has 4 aromatic heterocycles. The molecule has 5 aromatic rings. The number of para-hydroxylation sites is 1. The summed E-state index contributed by atoms with van der Waals surface area (Å²) in [7, 11) is 0. The van der Waals surface area contributed by atoms with Crippen LogP contribution in [-0.2, 0) is 25.6 Å². The first kappa shape index (κ1) is 26.5. The van der Waals surface area contributed by atoms with Crippen LogP contribution < -0.4 is 4.90 Å². The fourth-order valence-electron chi connectivity index (χ4n) is 6.05. The van der Waals surface area contributed by atoms with E-state index < -0.39 is 11.9 Å². The minimum Gasteiger partial charge on any atom is -0.353 e. The number of aryl methyl sites for hydroxylation is 3. The van der Waals surface area contributed by atoms with E-state index in [2.05, 4.69) is 37.1 Å². The SMILES string of the molecule is Cc1cc(CCc2nc(-c3ccc(N4CC5CC(C4)N5Cc4ccc(C(F)(F)F)nc4)nc3)nc3ccccc23)n[nH]1. The first-order valence-electron chi connectivity index (χ1n) is 14.1. The second-order valence-corrected chi connectivity index (χ2v) is 11.1. The average Bonchev–Trinajstić information content (AvgIpc) is 3.43. The molecule has 0 radical (unpaired) electrons. The van der Waals surface area contributed by atoms with Gasteiger partial charge < -0.3 is 4.90 Å². The van der Waals surface area contributed by atoms with E-state index in [0.29, 0.717) is 24.5 Å². The first-order valence-corrected chi connectivity index (χ1v) is 14.1. The molecule has 3 aliphatic rings. The van der Waals surface area contributed by atoms with Gasteiger partial charge in [0.05, 0.1) is 16.9 Å². The van der Waals surface area contributed by atoms with Gasteiger partial charge in [-0.3, -0.25) is 15.0 Å². The van der Waals surface area contributed by atoms with Crippen molar-refractivity contribution < 1.29 is 13.2 Å². The lowest BCUT2D eigenvalue weighted by Crippen LogP contribution is -2.68. The molecule has 11 heteroatoms. The fraction of sp³-hybridized carbons (Fsp3) is 0.323. The summed E-state index contributed by atoms with van der Waals surface area (Å²) in [6, 6.07) is 17.4. The Bertz CT molecular complexity index is 1700. The number of fused-ring (bicyclic) bond motifs is 3. The molecule has 0 spiro atoms. The molecular weight excluding hydrogens is 541 g/mol. The Balaban J connectivity index is 1.04. The molecule has 0 amide bonds. The van der Waals surface area contributed by atoms with E-state index in [1.807, 2.05) is 43.5 Å². The normalized spacial score (nSPS) is 18.8. The molecular formula is C31H29F3N8.